The molecule has 0 fully saturated rings. The molecule has 0 saturated carbocycles. The Morgan fingerprint density at radius 2 is 2.16 bits per heavy atom. The highest BCUT2D eigenvalue weighted by Crippen LogP contribution is 2.01. The van der Waals surface area contributed by atoms with Crippen molar-refractivity contribution >= 4 is 12.0 Å². The number of carbonyl (C=O) groups excluding carboxylic acids is 1. The third kappa shape index (κ3) is 5.37. The van der Waals surface area contributed by atoms with Crippen LogP contribution in [-0.4, -0.2) is 34.7 Å². The summed E-state index contributed by atoms with van der Waals surface area (Å²) < 4.78 is 0. The molecule has 1 aromatic rings. The van der Waals surface area contributed by atoms with E-state index in [1.165, 1.54) is 0 Å². The molecule has 19 heavy (non-hydrogen) atoms. The van der Waals surface area contributed by atoms with Crippen LogP contribution >= 0.6 is 0 Å². The molecule has 0 bridgehead atoms. The fourth-order valence-corrected chi connectivity index (χ4v) is 1.57. The van der Waals surface area contributed by atoms with Crippen LogP contribution in [0.2, 0.25) is 0 Å². The molecule has 104 valence electrons. The summed E-state index contributed by atoms with van der Waals surface area (Å²) in [7, 11) is 0. The predicted molar refractivity (Wildman–Crippen MR) is 70.7 cm³/mol. The van der Waals surface area contributed by atoms with E-state index in [-0.39, 0.29) is 5.92 Å². The molecular weight excluding hydrogens is 246 g/mol. The average molecular weight is 265 g/mol. The van der Waals surface area contributed by atoms with E-state index >= 15 is 0 Å². The molecule has 6 heteroatoms. The third-order valence-corrected chi connectivity index (χ3v) is 2.64. The molecule has 0 aromatic carbocycles. The van der Waals surface area contributed by atoms with E-state index in [1.54, 1.807) is 26.2 Å². The number of pyridine rings is 1. The summed E-state index contributed by atoms with van der Waals surface area (Å²) >= 11 is 0. The van der Waals surface area contributed by atoms with Gasteiger partial charge in [0.05, 0.1) is 0 Å². The van der Waals surface area contributed by atoms with Crippen molar-refractivity contribution in [2.75, 3.05) is 6.54 Å². The van der Waals surface area contributed by atoms with Crippen molar-refractivity contribution in [1.82, 2.24) is 15.6 Å². The Labute approximate surface area is 112 Å². The van der Waals surface area contributed by atoms with Crippen molar-refractivity contribution in [3.8, 4) is 0 Å². The molecule has 1 heterocycles. The molecule has 2 amide bonds. The molecule has 0 aliphatic heterocycles. The molecule has 0 spiro atoms. The van der Waals surface area contributed by atoms with Crippen LogP contribution in [0.25, 0.3) is 0 Å². The standard InChI is InChI=1S/C13H19N3O3/c1-9(2)11(12(17)18)16-13(19)15-7-5-10-4-3-6-14-8-10/h3-4,6,8-9,11H,5,7H2,1-2H3,(H,17,18)(H2,15,16,19)/t11-/m0/s1. The highest BCUT2D eigenvalue weighted by atomic mass is 16.4. The monoisotopic (exact) mass is 265 g/mol. The number of carbonyl (C=O) groups is 2. The van der Waals surface area contributed by atoms with Crippen LogP contribution in [-0.2, 0) is 11.2 Å². The first-order valence-corrected chi connectivity index (χ1v) is 6.16. The lowest BCUT2D eigenvalue weighted by Gasteiger charge is -2.18. The van der Waals surface area contributed by atoms with Crippen molar-refractivity contribution in [3.05, 3.63) is 30.1 Å². The van der Waals surface area contributed by atoms with Gasteiger partial charge < -0.3 is 15.7 Å². The van der Waals surface area contributed by atoms with Crippen LogP contribution in [0.5, 0.6) is 0 Å². The number of aromatic nitrogens is 1. The fourth-order valence-electron chi connectivity index (χ4n) is 1.57. The Balaban J connectivity index is 2.33. The quantitative estimate of drug-likeness (QED) is 0.716. The summed E-state index contributed by atoms with van der Waals surface area (Å²) in [6, 6.07) is 2.40. The number of amides is 2. The summed E-state index contributed by atoms with van der Waals surface area (Å²) in [4.78, 5) is 26.4. The molecular formula is C13H19N3O3. The molecule has 0 unspecified atom stereocenters. The topological polar surface area (TPSA) is 91.3 Å². The maximum absolute atomic E-state index is 11.6. The second-order valence-electron chi connectivity index (χ2n) is 4.57. The van der Waals surface area contributed by atoms with Gasteiger partial charge in [0.1, 0.15) is 6.04 Å². The summed E-state index contributed by atoms with van der Waals surface area (Å²) in [6.45, 7) is 3.92. The van der Waals surface area contributed by atoms with Crippen molar-refractivity contribution < 1.29 is 14.7 Å². The Morgan fingerprint density at radius 1 is 1.42 bits per heavy atom. The Hall–Kier alpha value is -2.11. The summed E-state index contributed by atoms with van der Waals surface area (Å²) in [6.07, 6.45) is 4.07. The van der Waals surface area contributed by atoms with Crippen LogP contribution in [0, 0.1) is 5.92 Å². The molecule has 0 saturated heterocycles. The Kier molecular flexibility index (Phi) is 5.78. The van der Waals surface area contributed by atoms with Gasteiger partial charge in [0.15, 0.2) is 0 Å². The van der Waals surface area contributed by atoms with Crippen molar-refractivity contribution in [2.45, 2.75) is 26.3 Å². The lowest BCUT2D eigenvalue weighted by molar-refractivity contribution is -0.140. The fraction of sp³-hybridized carbons (Fsp3) is 0.462. The van der Waals surface area contributed by atoms with Crippen molar-refractivity contribution in [2.24, 2.45) is 5.92 Å². The lowest BCUT2D eigenvalue weighted by Crippen LogP contribution is -2.48. The van der Waals surface area contributed by atoms with Crippen molar-refractivity contribution in [1.29, 1.82) is 0 Å². The minimum atomic E-state index is -1.03. The lowest BCUT2D eigenvalue weighted by atomic mass is 10.1. The van der Waals surface area contributed by atoms with Gasteiger partial charge in [-0.2, -0.15) is 0 Å². The van der Waals surface area contributed by atoms with Crippen LogP contribution in [0.4, 0.5) is 4.79 Å². The van der Waals surface area contributed by atoms with Crippen LogP contribution in [0.15, 0.2) is 24.5 Å². The second-order valence-corrected chi connectivity index (χ2v) is 4.57. The number of hydrogen-bond acceptors (Lipinski definition) is 3. The van der Waals surface area contributed by atoms with Gasteiger partial charge in [0, 0.05) is 18.9 Å². The maximum Gasteiger partial charge on any atom is 0.326 e. The van der Waals surface area contributed by atoms with Gasteiger partial charge in [-0.3, -0.25) is 4.98 Å². The molecule has 3 N–H and O–H groups in total. The Bertz CT molecular complexity index is 420. The van der Waals surface area contributed by atoms with Gasteiger partial charge >= 0.3 is 12.0 Å². The van der Waals surface area contributed by atoms with Gasteiger partial charge in [0.25, 0.3) is 0 Å². The zero-order valence-corrected chi connectivity index (χ0v) is 11.1. The Morgan fingerprint density at radius 3 is 2.68 bits per heavy atom. The SMILES string of the molecule is CC(C)[C@H](NC(=O)NCCc1cccnc1)C(=O)O. The number of carboxylic acids is 1. The molecule has 1 atom stereocenters. The first-order chi connectivity index (χ1) is 9.00. The largest absolute Gasteiger partial charge is 0.480 e. The van der Waals surface area contributed by atoms with Crippen LogP contribution < -0.4 is 10.6 Å². The van der Waals surface area contributed by atoms with Gasteiger partial charge in [-0.25, -0.2) is 9.59 Å². The highest BCUT2D eigenvalue weighted by molar-refractivity contribution is 5.82. The first kappa shape index (κ1) is 14.9. The maximum atomic E-state index is 11.6. The van der Waals surface area contributed by atoms with E-state index in [9.17, 15) is 9.59 Å². The number of aliphatic carboxylic acids is 1. The van der Waals surface area contributed by atoms with Crippen molar-refractivity contribution in [3.63, 3.8) is 0 Å². The smallest absolute Gasteiger partial charge is 0.326 e. The normalized spacial score (nSPS) is 11.9. The molecule has 0 radical (unpaired) electrons. The molecule has 6 nitrogen and oxygen atoms in total. The van der Waals surface area contributed by atoms with Crippen LogP contribution in [0.1, 0.15) is 19.4 Å². The van der Waals surface area contributed by atoms with E-state index in [0.29, 0.717) is 13.0 Å². The molecule has 0 aliphatic carbocycles. The zero-order valence-electron chi connectivity index (χ0n) is 11.1. The second kappa shape index (κ2) is 7.35. The molecule has 0 aliphatic rings. The van der Waals surface area contributed by atoms with Gasteiger partial charge in [-0.1, -0.05) is 19.9 Å². The zero-order chi connectivity index (χ0) is 14.3. The summed E-state index contributed by atoms with van der Waals surface area (Å²) in [5.41, 5.74) is 1.02. The van der Waals surface area contributed by atoms with Gasteiger partial charge in [-0.15, -0.1) is 0 Å². The number of carboxylic acid groups (broad SMARTS) is 1. The molecule has 1 aromatic heterocycles. The van der Waals surface area contributed by atoms with Gasteiger partial charge in [-0.05, 0) is 24.0 Å². The number of urea groups is 1. The van der Waals surface area contributed by atoms with E-state index in [1.807, 2.05) is 12.1 Å². The highest BCUT2D eigenvalue weighted by Gasteiger charge is 2.22. The van der Waals surface area contributed by atoms with Gasteiger partial charge in [0.2, 0.25) is 0 Å². The minimum absolute atomic E-state index is 0.165. The number of nitrogens with one attached hydrogen (secondary N) is 2. The van der Waals surface area contributed by atoms with E-state index in [2.05, 4.69) is 15.6 Å². The third-order valence-electron chi connectivity index (χ3n) is 2.64. The van der Waals surface area contributed by atoms with E-state index in [0.717, 1.165) is 5.56 Å². The molecule has 1 rings (SSSR count). The van der Waals surface area contributed by atoms with E-state index < -0.39 is 18.0 Å². The predicted octanol–water partition coefficient (Wildman–Crippen LogP) is 1.03. The number of nitrogens with zero attached hydrogens (tertiary/aromatic N) is 1. The van der Waals surface area contributed by atoms with Crippen LogP contribution in [0.3, 0.4) is 0 Å². The average Bonchev–Trinajstić information content (AvgIpc) is 2.36. The summed E-state index contributed by atoms with van der Waals surface area (Å²) in [5.74, 6) is -1.20. The minimum Gasteiger partial charge on any atom is -0.480 e. The summed E-state index contributed by atoms with van der Waals surface area (Å²) in [5, 5.41) is 14.0. The number of rotatable bonds is 6. The van der Waals surface area contributed by atoms with E-state index in [4.69, 9.17) is 5.11 Å². The number of hydrogen-bond donors (Lipinski definition) is 3. The first-order valence-electron chi connectivity index (χ1n) is 6.16.